The Morgan fingerprint density at radius 1 is 1.04 bits per heavy atom. The number of hydrogen-bond donors (Lipinski definition) is 2. The highest BCUT2D eigenvalue weighted by molar-refractivity contribution is 5.69. The van der Waals surface area contributed by atoms with Crippen LogP contribution in [0.4, 0.5) is 0 Å². The molecule has 0 aromatic heterocycles. The Morgan fingerprint density at radius 3 is 2.22 bits per heavy atom. The van der Waals surface area contributed by atoms with Crippen molar-refractivity contribution in [1.29, 1.82) is 0 Å². The summed E-state index contributed by atoms with van der Waals surface area (Å²) in [4.78, 5) is 23.0. The van der Waals surface area contributed by atoms with Gasteiger partial charge in [-0.3, -0.25) is 9.59 Å². The Kier molecular flexibility index (Phi) is 8.46. The van der Waals surface area contributed by atoms with E-state index in [1.54, 1.807) is 0 Å². The van der Waals surface area contributed by atoms with Gasteiger partial charge in [-0.15, -0.1) is 0 Å². The zero-order chi connectivity index (χ0) is 17.4. The van der Waals surface area contributed by atoms with Crippen molar-refractivity contribution in [2.75, 3.05) is 13.7 Å². The Balaban J connectivity index is 2.65. The molecule has 1 fully saturated rings. The number of methoxy groups -OCH3 is 1. The van der Waals surface area contributed by atoms with Crippen LogP contribution in [0.2, 0.25) is 0 Å². The number of carbonyl (C=O) groups is 2. The van der Waals surface area contributed by atoms with Gasteiger partial charge in [0.2, 0.25) is 0 Å². The van der Waals surface area contributed by atoms with Crippen LogP contribution in [-0.2, 0) is 28.5 Å². The van der Waals surface area contributed by atoms with E-state index in [-0.39, 0.29) is 19.4 Å². The summed E-state index contributed by atoms with van der Waals surface area (Å²) in [7, 11) is 1.33. The average Bonchev–Trinajstić information content (AvgIpc) is 2.51. The third-order valence-corrected chi connectivity index (χ3v) is 3.46. The van der Waals surface area contributed by atoms with Crippen molar-refractivity contribution in [3.8, 4) is 0 Å². The zero-order valence-electron chi connectivity index (χ0n) is 13.8. The van der Waals surface area contributed by atoms with Gasteiger partial charge < -0.3 is 29.2 Å². The third-order valence-electron chi connectivity index (χ3n) is 3.46. The first-order valence-electron chi connectivity index (χ1n) is 7.84. The van der Waals surface area contributed by atoms with E-state index in [1.165, 1.54) is 7.11 Å². The third kappa shape index (κ3) is 5.72. The van der Waals surface area contributed by atoms with Crippen LogP contribution in [0.1, 0.15) is 39.5 Å². The minimum absolute atomic E-state index is 0.188. The molecule has 2 N–H and O–H groups in total. The standard InChI is InChI=1S/C15H26O8/c1-4-6-10(16)21-8-9-12(18)13(19)14(15(20-3)22-9)23-11(17)7-5-2/h9,12-15,18-19H,4-8H2,1-3H3/t9-,12-,13+,14+,15+/m1/s1. The summed E-state index contributed by atoms with van der Waals surface area (Å²) in [6.07, 6.45) is -4.23. The predicted molar refractivity (Wildman–Crippen MR) is 78.3 cm³/mol. The highest BCUT2D eigenvalue weighted by atomic mass is 16.7. The van der Waals surface area contributed by atoms with Crippen molar-refractivity contribution in [3.05, 3.63) is 0 Å². The first-order chi connectivity index (χ1) is 10.9. The fraction of sp³-hybridized carbons (Fsp3) is 0.867. The molecule has 23 heavy (non-hydrogen) atoms. The highest BCUT2D eigenvalue weighted by Crippen LogP contribution is 2.25. The van der Waals surface area contributed by atoms with Crippen molar-refractivity contribution in [3.63, 3.8) is 0 Å². The number of ether oxygens (including phenoxy) is 4. The molecule has 0 amide bonds. The van der Waals surface area contributed by atoms with Gasteiger partial charge in [0.05, 0.1) is 0 Å². The molecule has 0 radical (unpaired) electrons. The molecule has 134 valence electrons. The Morgan fingerprint density at radius 2 is 1.65 bits per heavy atom. The van der Waals surface area contributed by atoms with E-state index >= 15 is 0 Å². The lowest BCUT2D eigenvalue weighted by atomic mass is 9.99. The minimum atomic E-state index is -1.40. The van der Waals surface area contributed by atoms with Gasteiger partial charge in [0.15, 0.2) is 12.4 Å². The molecule has 1 aliphatic rings. The van der Waals surface area contributed by atoms with E-state index in [1.807, 2.05) is 13.8 Å². The van der Waals surface area contributed by atoms with E-state index in [2.05, 4.69) is 0 Å². The quantitative estimate of drug-likeness (QED) is 0.603. The van der Waals surface area contributed by atoms with Gasteiger partial charge in [0.25, 0.3) is 0 Å². The van der Waals surface area contributed by atoms with E-state index < -0.39 is 42.6 Å². The van der Waals surface area contributed by atoms with Gasteiger partial charge in [-0.25, -0.2) is 0 Å². The summed E-state index contributed by atoms with van der Waals surface area (Å²) < 4.78 is 20.6. The van der Waals surface area contributed by atoms with Crippen LogP contribution in [0.15, 0.2) is 0 Å². The van der Waals surface area contributed by atoms with E-state index in [0.29, 0.717) is 12.8 Å². The number of aliphatic hydroxyl groups is 2. The number of esters is 2. The summed E-state index contributed by atoms with van der Waals surface area (Å²) in [5, 5.41) is 20.3. The van der Waals surface area contributed by atoms with Crippen LogP contribution >= 0.6 is 0 Å². The van der Waals surface area contributed by atoms with E-state index in [0.717, 1.165) is 0 Å². The smallest absolute Gasteiger partial charge is 0.306 e. The first-order valence-corrected chi connectivity index (χ1v) is 7.84. The normalized spacial score (nSPS) is 30.7. The second-order valence-electron chi connectivity index (χ2n) is 5.40. The molecule has 1 aliphatic heterocycles. The molecule has 1 heterocycles. The van der Waals surface area contributed by atoms with Crippen molar-refractivity contribution in [1.82, 2.24) is 0 Å². The number of aliphatic hydroxyl groups excluding tert-OH is 2. The summed E-state index contributed by atoms with van der Waals surface area (Å²) >= 11 is 0. The van der Waals surface area contributed by atoms with Gasteiger partial charge in [-0.1, -0.05) is 13.8 Å². The molecule has 5 atom stereocenters. The topological polar surface area (TPSA) is 112 Å². The molecule has 0 spiro atoms. The maximum Gasteiger partial charge on any atom is 0.306 e. The highest BCUT2D eigenvalue weighted by Gasteiger charge is 2.47. The van der Waals surface area contributed by atoms with Crippen molar-refractivity contribution in [2.24, 2.45) is 0 Å². The summed E-state index contributed by atoms with van der Waals surface area (Å²) in [5.41, 5.74) is 0. The zero-order valence-corrected chi connectivity index (χ0v) is 13.8. The SMILES string of the molecule is CCCC(=O)OC[C@H]1O[C@H](OC)[C@@H](OC(=O)CCC)[C@@H](O)[C@@H]1O. The van der Waals surface area contributed by atoms with E-state index in [9.17, 15) is 19.8 Å². The summed E-state index contributed by atoms with van der Waals surface area (Å²) in [6.45, 7) is 3.44. The average molecular weight is 334 g/mol. The van der Waals surface area contributed by atoms with Crippen LogP contribution in [-0.4, -0.2) is 66.6 Å². The summed E-state index contributed by atoms with van der Waals surface area (Å²) in [5.74, 6) is -0.925. The van der Waals surface area contributed by atoms with Crippen LogP contribution in [0.5, 0.6) is 0 Å². The lowest BCUT2D eigenvalue weighted by Crippen LogP contribution is -2.60. The van der Waals surface area contributed by atoms with Crippen molar-refractivity contribution >= 4 is 11.9 Å². The molecule has 0 aliphatic carbocycles. The second-order valence-corrected chi connectivity index (χ2v) is 5.40. The molecule has 0 aromatic rings. The van der Waals surface area contributed by atoms with Gasteiger partial charge in [0.1, 0.15) is 24.9 Å². The first kappa shape index (κ1) is 19.8. The Hall–Kier alpha value is -1.22. The Labute approximate surface area is 135 Å². The largest absolute Gasteiger partial charge is 0.463 e. The molecule has 0 bridgehead atoms. The van der Waals surface area contributed by atoms with Crippen LogP contribution < -0.4 is 0 Å². The molecule has 1 rings (SSSR count). The molecule has 8 nitrogen and oxygen atoms in total. The van der Waals surface area contributed by atoms with Gasteiger partial charge >= 0.3 is 11.9 Å². The molecule has 0 aromatic carbocycles. The molecule has 1 saturated heterocycles. The lowest BCUT2D eigenvalue weighted by molar-refractivity contribution is -0.298. The minimum Gasteiger partial charge on any atom is -0.463 e. The fourth-order valence-corrected chi connectivity index (χ4v) is 2.22. The molecule has 8 heteroatoms. The van der Waals surface area contributed by atoms with Gasteiger partial charge in [-0.2, -0.15) is 0 Å². The number of hydrogen-bond acceptors (Lipinski definition) is 8. The van der Waals surface area contributed by atoms with Crippen LogP contribution in [0.25, 0.3) is 0 Å². The maximum atomic E-state index is 11.6. The summed E-state index contributed by atoms with van der Waals surface area (Å²) in [6, 6.07) is 0. The van der Waals surface area contributed by atoms with Crippen molar-refractivity contribution < 1.29 is 38.7 Å². The van der Waals surface area contributed by atoms with Crippen LogP contribution in [0, 0.1) is 0 Å². The second kappa shape index (κ2) is 9.82. The van der Waals surface area contributed by atoms with Crippen molar-refractivity contribution in [2.45, 2.75) is 70.2 Å². The predicted octanol–water partition coefficient (Wildman–Crippen LogP) is 0.135. The van der Waals surface area contributed by atoms with Crippen LogP contribution in [0.3, 0.4) is 0 Å². The number of rotatable bonds is 8. The Bertz CT molecular complexity index is 382. The molecular weight excluding hydrogens is 308 g/mol. The number of carbonyl (C=O) groups excluding carboxylic acids is 2. The maximum absolute atomic E-state index is 11.6. The molecule has 0 unspecified atom stereocenters. The van der Waals surface area contributed by atoms with E-state index in [4.69, 9.17) is 18.9 Å². The van der Waals surface area contributed by atoms with Gasteiger partial charge in [-0.05, 0) is 12.8 Å². The lowest BCUT2D eigenvalue weighted by Gasteiger charge is -2.41. The fourth-order valence-electron chi connectivity index (χ4n) is 2.22. The van der Waals surface area contributed by atoms with Gasteiger partial charge in [0, 0.05) is 20.0 Å². The molecule has 0 saturated carbocycles. The molecular formula is C15H26O8. The monoisotopic (exact) mass is 334 g/mol.